The molecule has 0 amide bonds. The van der Waals surface area contributed by atoms with Crippen molar-refractivity contribution in [2.24, 2.45) is 0 Å². The second-order valence-electron chi connectivity index (χ2n) is 6.83. The van der Waals surface area contributed by atoms with Crippen LogP contribution >= 0.6 is 0 Å². The molecule has 1 heterocycles. The Morgan fingerprint density at radius 2 is 2.07 bits per heavy atom. The van der Waals surface area contributed by atoms with E-state index in [0.717, 1.165) is 47.1 Å². The molecule has 0 spiro atoms. The van der Waals surface area contributed by atoms with Gasteiger partial charge in [0.25, 0.3) is 0 Å². The van der Waals surface area contributed by atoms with Crippen LogP contribution in [0.1, 0.15) is 35.3 Å². The van der Waals surface area contributed by atoms with Crippen molar-refractivity contribution in [3.05, 3.63) is 64.5 Å². The van der Waals surface area contributed by atoms with E-state index in [2.05, 4.69) is 10.0 Å². The van der Waals surface area contributed by atoms with Crippen molar-refractivity contribution < 1.29 is 14.1 Å². The largest absolute Gasteiger partial charge is 0.502 e. The summed E-state index contributed by atoms with van der Waals surface area (Å²) in [6, 6.07) is 11.1. The molecular weight excluding hydrogens is 340 g/mol. The van der Waals surface area contributed by atoms with Gasteiger partial charge < -0.3 is 9.26 Å². The van der Waals surface area contributed by atoms with E-state index in [-0.39, 0.29) is 6.10 Å². The SMILES string of the molecule is [C-]#[N+]c1cc(-c2onc3c2CCc2cc(C=O)ccc2-3)ccc1OC(C)C. The van der Waals surface area contributed by atoms with Gasteiger partial charge in [-0.3, -0.25) is 4.79 Å². The lowest BCUT2D eigenvalue weighted by molar-refractivity contribution is 0.112. The van der Waals surface area contributed by atoms with Gasteiger partial charge in [0.1, 0.15) is 17.7 Å². The van der Waals surface area contributed by atoms with Crippen LogP contribution in [0.3, 0.4) is 0 Å². The topological polar surface area (TPSA) is 56.7 Å². The van der Waals surface area contributed by atoms with Crippen LogP contribution in [0.5, 0.6) is 5.75 Å². The average Bonchev–Trinajstić information content (AvgIpc) is 3.11. The molecule has 5 nitrogen and oxygen atoms in total. The molecule has 0 aliphatic heterocycles. The third kappa shape index (κ3) is 3.00. The van der Waals surface area contributed by atoms with Gasteiger partial charge in [-0.2, -0.15) is 0 Å². The van der Waals surface area contributed by atoms with Gasteiger partial charge in [0, 0.05) is 22.3 Å². The van der Waals surface area contributed by atoms with E-state index in [9.17, 15) is 4.79 Å². The number of nitrogens with zero attached hydrogens (tertiary/aromatic N) is 2. The van der Waals surface area contributed by atoms with Crippen molar-refractivity contribution in [2.45, 2.75) is 32.8 Å². The quantitative estimate of drug-likeness (QED) is 0.472. The molecule has 5 heteroatoms. The number of aldehydes is 1. The van der Waals surface area contributed by atoms with E-state index in [1.807, 2.05) is 38.1 Å². The van der Waals surface area contributed by atoms with Crippen molar-refractivity contribution >= 4 is 12.0 Å². The van der Waals surface area contributed by atoms with Gasteiger partial charge in [0.2, 0.25) is 5.69 Å². The summed E-state index contributed by atoms with van der Waals surface area (Å²) >= 11 is 0. The maximum absolute atomic E-state index is 11.0. The lowest BCUT2D eigenvalue weighted by atomic mass is 9.87. The first-order valence-electron chi connectivity index (χ1n) is 8.86. The number of benzene rings is 2. The Labute approximate surface area is 157 Å². The number of fused-ring (bicyclic) bond motifs is 3. The summed E-state index contributed by atoms with van der Waals surface area (Å²) < 4.78 is 11.4. The van der Waals surface area contributed by atoms with Crippen LogP contribution < -0.4 is 4.74 Å². The smallest absolute Gasteiger partial charge is 0.228 e. The fraction of sp³-hybridized carbons (Fsp3) is 0.227. The third-order valence-electron chi connectivity index (χ3n) is 4.66. The number of rotatable bonds is 4. The summed E-state index contributed by atoms with van der Waals surface area (Å²) in [4.78, 5) is 14.6. The first-order chi connectivity index (χ1) is 13.1. The van der Waals surface area contributed by atoms with Gasteiger partial charge >= 0.3 is 0 Å². The molecule has 1 aromatic heterocycles. The number of carbonyl (C=O) groups is 1. The molecule has 0 unspecified atom stereocenters. The molecule has 134 valence electrons. The third-order valence-corrected chi connectivity index (χ3v) is 4.66. The summed E-state index contributed by atoms with van der Waals surface area (Å²) in [6.07, 6.45) is 2.46. The minimum absolute atomic E-state index is 0.00199. The number of aryl methyl sites for hydroxylation is 1. The van der Waals surface area contributed by atoms with Gasteiger partial charge in [-0.1, -0.05) is 23.4 Å². The lowest BCUT2D eigenvalue weighted by Gasteiger charge is -2.16. The normalized spacial score (nSPS) is 12.2. The fourth-order valence-corrected chi connectivity index (χ4v) is 3.46. The Kier molecular flexibility index (Phi) is 4.25. The highest BCUT2D eigenvalue weighted by atomic mass is 16.5. The highest BCUT2D eigenvalue weighted by Gasteiger charge is 2.25. The van der Waals surface area contributed by atoms with Crippen molar-refractivity contribution in [2.75, 3.05) is 0 Å². The average molecular weight is 358 g/mol. The molecule has 0 fully saturated rings. The lowest BCUT2D eigenvalue weighted by Crippen LogP contribution is -2.05. The first kappa shape index (κ1) is 17.0. The van der Waals surface area contributed by atoms with Crippen LogP contribution in [-0.2, 0) is 12.8 Å². The zero-order valence-electron chi connectivity index (χ0n) is 15.2. The van der Waals surface area contributed by atoms with Crippen molar-refractivity contribution in [3.8, 4) is 28.3 Å². The highest BCUT2D eigenvalue weighted by molar-refractivity contribution is 5.82. The molecule has 0 N–H and O–H groups in total. The number of hydrogen-bond acceptors (Lipinski definition) is 4. The minimum Gasteiger partial charge on any atom is -0.502 e. The monoisotopic (exact) mass is 358 g/mol. The molecule has 0 radical (unpaired) electrons. The molecule has 2 aromatic carbocycles. The van der Waals surface area contributed by atoms with Crippen LogP contribution in [0.25, 0.3) is 27.4 Å². The Balaban J connectivity index is 1.77. The molecule has 27 heavy (non-hydrogen) atoms. The summed E-state index contributed by atoms with van der Waals surface area (Å²) in [5.74, 6) is 1.26. The first-order valence-corrected chi connectivity index (χ1v) is 8.86. The molecule has 1 aliphatic rings. The Bertz CT molecular complexity index is 1070. The van der Waals surface area contributed by atoms with Gasteiger partial charge in [-0.05, 0) is 50.5 Å². The second-order valence-corrected chi connectivity index (χ2v) is 6.83. The molecule has 3 aromatic rings. The predicted molar refractivity (Wildman–Crippen MR) is 102 cm³/mol. The molecule has 4 rings (SSSR count). The zero-order chi connectivity index (χ0) is 19.0. The van der Waals surface area contributed by atoms with Gasteiger partial charge in [-0.15, -0.1) is 0 Å². The highest BCUT2D eigenvalue weighted by Crippen LogP contribution is 2.41. The van der Waals surface area contributed by atoms with Crippen LogP contribution in [0, 0.1) is 6.57 Å². The Morgan fingerprint density at radius 1 is 1.22 bits per heavy atom. The van der Waals surface area contributed by atoms with E-state index in [0.29, 0.717) is 22.8 Å². The Morgan fingerprint density at radius 3 is 2.81 bits per heavy atom. The predicted octanol–water partition coefficient (Wildman–Crippen LogP) is 5.26. The zero-order valence-corrected chi connectivity index (χ0v) is 15.2. The number of aromatic nitrogens is 1. The van der Waals surface area contributed by atoms with Gasteiger partial charge in [0.15, 0.2) is 5.76 Å². The van der Waals surface area contributed by atoms with Crippen LogP contribution in [0.15, 0.2) is 40.9 Å². The summed E-state index contributed by atoms with van der Waals surface area (Å²) in [6.45, 7) is 11.3. The standard InChI is InChI=1S/C22H18N2O3/c1-13(2)26-20-9-6-16(11-19(20)23-3)22-18-8-5-15-10-14(12-25)4-7-17(15)21(18)24-27-22/h4,6-7,9-13H,5,8H2,1-2H3. The minimum atomic E-state index is 0.00199. The summed E-state index contributed by atoms with van der Waals surface area (Å²) in [5, 5.41) is 4.28. The molecule has 0 saturated carbocycles. The second kappa shape index (κ2) is 6.73. The van der Waals surface area contributed by atoms with Gasteiger partial charge in [-0.25, -0.2) is 4.85 Å². The Hall–Kier alpha value is -3.39. The number of carbonyl (C=O) groups excluding carboxylic acids is 1. The van der Waals surface area contributed by atoms with E-state index in [4.69, 9.17) is 15.8 Å². The maximum atomic E-state index is 11.0. The van der Waals surface area contributed by atoms with Crippen molar-refractivity contribution in [1.29, 1.82) is 0 Å². The molecule has 1 aliphatic carbocycles. The fourth-order valence-electron chi connectivity index (χ4n) is 3.46. The van der Waals surface area contributed by atoms with Crippen LogP contribution in [-0.4, -0.2) is 17.5 Å². The summed E-state index contributed by atoms with van der Waals surface area (Å²) in [7, 11) is 0. The van der Waals surface area contributed by atoms with E-state index in [1.54, 1.807) is 12.1 Å². The van der Waals surface area contributed by atoms with Crippen molar-refractivity contribution in [1.82, 2.24) is 5.16 Å². The van der Waals surface area contributed by atoms with Crippen molar-refractivity contribution in [3.63, 3.8) is 0 Å². The van der Waals surface area contributed by atoms with Crippen LogP contribution in [0.2, 0.25) is 0 Å². The number of ether oxygens (including phenoxy) is 1. The molecule has 0 atom stereocenters. The van der Waals surface area contributed by atoms with E-state index < -0.39 is 0 Å². The molecular formula is C22H18N2O3. The van der Waals surface area contributed by atoms with Gasteiger partial charge in [0.05, 0.1) is 12.7 Å². The van der Waals surface area contributed by atoms with E-state index >= 15 is 0 Å². The number of hydrogen-bond donors (Lipinski definition) is 0. The maximum Gasteiger partial charge on any atom is 0.228 e. The summed E-state index contributed by atoms with van der Waals surface area (Å²) in [5.41, 5.74) is 5.90. The van der Waals surface area contributed by atoms with Crippen LogP contribution in [0.4, 0.5) is 5.69 Å². The molecule has 0 bridgehead atoms. The molecule has 0 saturated heterocycles. The van der Waals surface area contributed by atoms with E-state index in [1.165, 1.54) is 0 Å².